The highest BCUT2D eigenvalue weighted by Gasteiger charge is 2.19. The van der Waals surface area contributed by atoms with Gasteiger partial charge in [-0.3, -0.25) is 4.57 Å². The van der Waals surface area contributed by atoms with E-state index in [-0.39, 0.29) is 0 Å². The van der Waals surface area contributed by atoms with Gasteiger partial charge in [0.15, 0.2) is 0 Å². The number of benzene rings is 7. The van der Waals surface area contributed by atoms with Gasteiger partial charge in [-0.05, 0) is 64.4 Å². The van der Waals surface area contributed by atoms with Gasteiger partial charge < -0.3 is 0 Å². The molecule has 0 bridgehead atoms. The minimum Gasteiger partial charge on any atom is -0.278 e. The van der Waals surface area contributed by atoms with Gasteiger partial charge >= 0.3 is 0 Å². The second-order valence-electron chi connectivity index (χ2n) is 11.8. The van der Waals surface area contributed by atoms with E-state index in [4.69, 9.17) is 9.97 Å². The summed E-state index contributed by atoms with van der Waals surface area (Å²) in [5.74, 6) is 0.671. The lowest BCUT2D eigenvalue weighted by molar-refractivity contribution is 1.01. The van der Waals surface area contributed by atoms with Gasteiger partial charge in [-0.25, -0.2) is 9.97 Å². The van der Waals surface area contributed by atoms with Gasteiger partial charge in [0.2, 0.25) is 5.95 Å². The summed E-state index contributed by atoms with van der Waals surface area (Å²) in [4.78, 5) is 10.7. The summed E-state index contributed by atoms with van der Waals surface area (Å²) in [6.45, 7) is 0. The van der Waals surface area contributed by atoms with Crippen LogP contribution in [0.1, 0.15) is 0 Å². The highest BCUT2D eigenvalue weighted by Crippen LogP contribution is 2.41. The van der Waals surface area contributed by atoms with Gasteiger partial charge in [-0.2, -0.15) is 0 Å². The average Bonchev–Trinajstić information content (AvgIpc) is 3.66. The van der Waals surface area contributed by atoms with Crippen LogP contribution in [0.4, 0.5) is 0 Å². The van der Waals surface area contributed by atoms with Crippen LogP contribution in [0, 0.1) is 0 Å². The number of thiophene rings is 1. The molecule has 3 heterocycles. The van der Waals surface area contributed by atoms with Gasteiger partial charge in [0.05, 0.1) is 22.2 Å². The molecule has 3 nitrogen and oxygen atoms in total. The molecule has 7 aromatic carbocycles. The van der Waals surface area contributed by atoms with E-state index >= 15 is 0 Å². The maximum Gasteiger partial charge on any atom is 0.235 e. The smallest absolute Gasteiger partial charge is 0.235 e. The molecule has 214 valence electrons. The molecule has 3 aromatic heterocycles. The third-order valence-electron chi connectivity index (χ3n) is 9.19. The Labute approximate surface area is 268 Å². The predicted octanol–water partition coefficient (Wildman–Crippen LogP) is 11.6. The van der Waals surface area contributed by atoms with Crippen LogP contribution < -0.4 is 0 Å². The summed E-state index contributed by atoms with van der Waals surface area (Å²) in [5.41, 5.74) is 7.49. The third-order valence-corrected chi connectivity index (χ3v) is 10.3. The first-order valence-electron chi connectivity index (χ1n) is 15.5. The molecular weight excluding hydrogens is 579 g/mol. The Balaban J connectivity index is 1.29. The highest BCUT2D eigenvalue weighted by atomic mass is 32.1. The zero-order chi connectivity index (χ0) is 30.2. The monoisotopic (exact) mass is 603 g/mol. The van der Waals surface area contributed by atoms with Crippen molar-refractivity contribution < 1.29 is 0 Å². The van der Waals surface area contributed by atoms with Crippen molar-refractivity contribution in [3.8, 4) is 28.3 Å². The lowest BCUT2D eigenvalue weighted by Gasteiger charge is -2.13. The largest absolute Gasteiger partial charge is 0.278 e. The summed E-state index contributed by atoms with van der Waals surface area (Å²) < 4.78 is 4.84. The summed E-state index contributed by atoms with van der Waals surface area (Å²) in [6, 6.07) is 54.2. The molecule has 0 N–H and O–H groups in total. The molecular formula is C42H25N3S. The van der Waals surface area contributed by atoms with Crippen molar-refractivity contribution in [2.24, 2.45) is 0 Å². The Morgan fingerprint density at radius 1 is 0.457 bits per heavy atom. The van der Waals surface area contributed by atoms with E-state index in [1.54, 1.807) is 0 Å². The molecule has 0 aliphatic carbocycles. The summed E-state index contributed by atoms with van der Waals surface area (Å²) in [5, 5.41) is 8.44. The van der Waals surface area contributed by atoms with E-state index in [2.05, 4.69) is 156 Å². The van der Waals surface area contributed by atoms with E-state index < -0.39 is 0 Å². The minimum atomic E-state index is 0.671. The summed E-state index contributed by atoms with van der Waals surface area (Å²) in [7, 11) is 0. The fraction of sp³-hybridized carbons (Fsp3) is 0. The van der Waals surface area contributed by atoms with Crippen LogP contribution in [0.5, 0.6) is 0 Å². The maximum absolute atomic E-state index is 5.35. The Hall–Kier alpha value is -5.84. The topological polar surface area (TPSA) is 30.7 Å². The van der Waals surface area contributed by atoms with Crippen molar-refractivity contribution in [1.82, 2.24) is 14.5 Å². The molecule has 0 aliphatic heterocycles. The van der Waals surface area contributed by atoms with Crippen LogP contribution in [-0.2, 0) is 0 Å². The molecule has 0 unspecified atom stereocenters. The quantitative estimate of drug-likeness (QED) is 0.201. The van der Waals surface area contributed by atoms with Crippen molar-refractivity contribution >= 4 is 75.0 Å². The average molecular weight is 604 g/mol. The van der Waals surface area contributed by atoms with Crippen molar-refractivity contribution in [3.05, 3.63) is 152 Å². The maximum atomic E-state index is 5.35. The van der Waals surface area contributed by atoms with Crippen molar-refractivity contribution in [1.29, 1.82) is 0 Å². The number of hydrogen-bond acceptors (Lipinski definition) is 3. The van der Waals surface area contributed by atoms with Crippen molar-refractivity contribution in [2.75, 3.05) is 0 Å². The number of rotatable bonds is 3. The first-order chi connectivity index (χ1) is 22.8. The van der Waals surface area contributed by atoms with Crippen molar-refractivity contribution in [3.63, 3.8) is 0 Å². The molecule has 46 heavy (non-hydrogen) atoms. The van der Waals surface area contributed by atoms with Crippen LogP contribution >= 0.6 is 11.3 Å². The second kappa shape index (κ2) is 9.83. The van der Waals surface area contributed by atoms with E-state index in [1.807, 2.05) is 11.3 Å². The third kappa shape index (κ3) is 3.77. The zero-order valence-corrected chi connectivity index (χ0v) is 25.5. The molecule has 0 fully saturated rings. The Morgan fingerprint density at radius 3 is 2.09 bits per heavy atom. The molecule has 0 spiro atoms. The Kier molecular flexibility index (Phi) is 5.45. The SMILES string of the molecule is c1ccc(-c2nc(-n3c4ccccc4c4cc5ccccc5cc43)nc3cc(-c4cccc5sc6ccccc6c45)ccc23)cc1. The van der Waals surface area contributed by atoms with Gasteiger partial charge in [-0.15, -0.1) is 11.3 Å². The fourth-order valence-corrected chi connectivity index (χ4v) is 8.22. The van der Waals surface area contributed by atoms with Crippen LogP contribution in [0.15, 0.2) is 152 Å². The van der Waals surface area contributed by atoms with Crippen LogP contribution in [0.25, 0.3) is 92.0 Å². The van der Waals surface area contributed by atoms with Crippen LogP contribution in [-0.4, -0.2) is 14.5 Å². The van der Waals surface area contributed by atoms with Gasteiger partial charge in [0.25, 0.3) is 0 Å². The Bertz CT molecular complexity index is 2810. The molecule has 10 aromatic rings. The van der Waals surface area contributed by atoms with Crippen LogP contribution in [0.2, 0.25) is 0 Å². The van der Waals surface area contributed by atoms with E-state index in [9.17, 15) is 0 Å². The van der Waals surface area contributed by atoms with Gasteiger partial charge in [0, 0.05) is 41.9 Å². The van der Waals surface area contributed by atoms with E-state index in [1.165, 1.54) is 47.3 Å². The minimum absolute atomic E-state index is 0.671. The summed E-state index contributed by atoms with van der Waals surface area (Å²) in [6.07, 6.45) is 0. The number of fused-ring (bicyclic) bond motifs is 8. The molecule has 0 aliphatic rings. The first kappa shape index (κ1) is 25.5. The molecule has 0 saturated heterocycles. The lowest BCUT2D eigenvalue weighted by Crippen LogP contribution is -2.03. The Morgan fingerprint density at radius 2 is 1.20 bits per heavy atom. The van der Waals surface area contributed by atoms with Gasteiger partial charge in [-0.1, -0.05) is 109 Å². The second-order valence-corrected chi connectivity index (χ2v) is 12.9. The first-order valence-corrected chi connectivity index (χ1v) is 16.3. The molecule has 0 atom stereocenters. The molecule has 10 rings (SSSR count). The number of para-hydroxylation sites is 1. The number of hydrogen-bond donors (Lipinski definition) is 0. The number of aromatic nitrogens is 3. The van der Waals surface area contributed by atoms with Crippen molar-refractivity contribution in [2.45, 2.75) is 0 Å². The summed E-state index contributed by atoms with van der Waals surface area (Å²) >= 11 is 1.85. The predicted molar refractivity (Wildman–Crippen MR) is 195 cm³/mol. The number of nitrogens with zero attached hydrogens (tertiary/aromatic N) is 3. The molecule has 0 saturated carbocycles. The van der Waals surface area contributed by atoms with Crippen LogP contribution in [0.3, 0.4) is 0 Å². The zero-order valence-electron chi connectivity index (χ0n) is 24.7. The molecule has 0 radical (unpaired) electrons. The van der Waals surface area contributed by atoms with Gasteiger partial charge in [0.1, 0.15) is 0 Å². The van der Waals surface area contributed by atoms with E-state index in [0.29, 0.717) is 5.95 Å². The normalized spacial score (nSPS) is 11.9. The fourth-order valence-electron chi connectivity index (χ4n) is 7.09. The van der Waals surface area contributed by atoms with E-state index in [0.717, 1.165) is 38.8 Å². The highest BCUT2D eigenvalue weighted by molar-refractivity contribution is 7.25. The molecule has 4 heteroatoms. The molecule has 0 amide bonds. The standard InChI is InChI=1S/C42H25N3S/c1-2-11-26(12-3-1)41-32-22-21-29(30-17-10-20-39-40(30)33-16-7-9-19-38(33)46-39)24-35(32)43-42(44-41)45-36-18-8-6-15-31(36)34-23-27-13-4-5-14-28(27)25-37(34)45/h1-25H. The lowest BCUT2D eigenvalue weighted by atomic mass is 9.97.